The van der Waals surface area contributed by atoms with Crippen molar-refractivity contribution in [3.05, 3.63) is 107 Å². The normalized spacial score (nSPS) is 14.7. The molecule has 0 spiro atoms. The Labute approximate surface area is 188 Å². The number of aromatic carboxylic acids is 1. The van der Waals surface area contributed by atoms with Crippen LogP contribution in [0.15, 0.2) is 89.9 Å². The van der Waals surface area contributed by atoms with Crippen LogP contribution in [0.2, 0.25) is 0 Å². The highest BCUT2D eigenvalue weighted by Gasteiger charge is 2.30. The van der Waals surface area contributed by atoms with Gasteiger partial charge in [0.1, 0.15) is 0 Å². The number of hydrogen-bond acceptors (Lipinski definition) is 3. The Hall–Kier alpha value is -3.73. The van der Waals surface area contributed by atoms with E-state index < -0.39 is 5.97 Å². The first-order chi connectivity index (χ1) is 15.6. The van der Waals surface area contributed by atoms with Gasteiger partial charge in [0.05, 0.1) is 17.5 Å². The first kappa shape index (κ1) is 21.5. The van der Waals surface area contributed by atoms with Crippen LogP contribution in [0, 0.1) is 0 Å². The summed E-state index contributed by atoms with van der Waals surface area (Å²) in [5.41, 5.74) is 3.16. The number of carbonyl (C=O) groups excluding carboxylic acids is 1. The molecule has 5 heteroatoms. The summed E-state index contributed by atoms with van der Waals surface area (Å²) >= 11 is 0. The van der Waals surface area contributed by atoms with Crippen molar-refractivity contribution in [2.75, 3.05) is 13.1 Å². The number of likely N-dealkylation sites (tertiary alicyclic amines) is 1. The van der Waals surface area contributed by atoms with Crippen molar-refractivity contribution in [3.63, 3.8) is 0 Å². The molecule has 5 nitrogen and oxygen atoms in total. The predicted octanol–water partition coefficient (Wildman–Crippen LogP) is 4.63. The van der Waals surface area contributed by atoms with Crippen LogP contribution >= 0.6 is 0 Å². The molecule has 0 bridgehead atoms. The number of carboxylic acid groups (broad SMARTS) is 1. The molecule has 0 radical (unpaired) electrons. The first-order valence-electron chi connectivity index (χ1n) is 10.9. The third kappa shape index (κ3) is 5.11. The lowest BCUT2D eigenvalue weighted by molar-refractivity contribution is -0.132. The van der Waals surface area contributed by atoms with E-state index in [0.717, 1.165) is 29.5 Å². The Morgan fingerprint density at radius 1 is 0.844 bits per heavy atom. The molecule has 1 saturated heterocycles. The van der Waals surface area contributed by atoms with Crippen LogP contribution in [0.4, 0.5) is 0 Å². The van der Waals surface area contributed by atoms with Crippen LogP contribution in [0.25, 0.3) is 0 Å². The number of piperidine rings is 1. The average molecular weight is 427 g/mol. The maximum absolute atomic E-state index is 13.5. The minimum absolute atomic E-state index is 0.133. The van der Waals surface area contributed by atoms with Gasteiger partial charge in [-0.1, -0.05) is 72.8 Å². The summed E-state index contributed by atoms with van der Waals surface area (Å²) in [6.45, 7) is 1.35. The Bertz CT molecular complexity index is 1030. The zero-order chi connectivity index (χ0) is 22.3. The Morgan fingerprint density at radius 2 is 1.38 bits per heavy atom. The van der Waals surface area contributed by atoms with Gasteiger partial charge in [-0.05, 0) is 41.7 Å². The van der Waals surface area contributed by atoms with E-state index in [1.54, 1.807) is 30.5 Å². The van der Waals surface area contributed by atoms with Gasteiger partial charge in [0.25, 0.3) is 0 Å². The maximum atomic E-state index is 13.5. The van der Waals surface area contributed by atoms with Gasteiger partial charge < -0.3 is 10.0 Å². The van der Waals surface area contributed by atoms with Crippen LogP contribution in [0.5, 0.6) is 0 Å². The minimum Gasteiger partial charge on any atom is -0.478 e. The maximum Gasteiger partial charge on any atom is 0.335 e. The second kappa shape index (κ2) is 10.1. The summed E-state index contributed by atoms with van der Waals surface area (Å²) in [6, 6.07) is 26.7. The highest BCUT2D eigenvalue weighted by Crippen LogP contribution is 2.28. The number of carboxylic acids is 1. The Balaban J connectivity index is 1.41. The molecular formula is C27H26N2O3. The number of rotatable bonds is 6. The average Bonchev–Trinajstić information content (AvgIpc) is 2.85. The van der Waals surface area contributed by atoms with E-state index in [4.69, 9.17) is 5.11 Å². The van der Waals surface area contributed by atoms with Crippen LogP contribution in [0.1, 0.15) is 45.8 Å². The number of aliphatic imine (C=N–C) groups is 1. The lowest BCUT2D eigenvalue weighted by Crippen LogP contribution is -2.42. The second-order valence-corrected chi connectivity index (χ2v) is 8.02. The monoisotopic (exact) mass is 426 g/mol. The van der Waals surface area contributed by atoms with Gasteiger partial charge in [0, 0.05) is 19.3 Å². The molecule has 1 amide bonds. The van der Waals surface area contributed by atoms with Crippen molar-refractivity contribution in [2.24, 2.45) is 4.99 Å². The number of hydrogen-bond donors (Lipinski definition) is 1. The molecule has 1 fully saturated rings. The molecule has 32 heavy (non-hydrogen) atoms. The van der Waals surface area contributed by atoms with Crippen molar-refractivity contribution in [1.82, 2.24) is 4.90 Å². The summed E-state index contributed by atoms with van der Waals surface area (Å²) in [7, 11) is 0. The fraction of sp³-hybridized carbons (Fsp3) is 0.222. The highest BCUT2D eigenvalue weighted by molar-refractivity contribution is 5.89. The van der Waals surface area contributed by atoms with E-state index in [9.17, 15) is 9.59 Å². The molecule has 0 unspecified atom stereocenters. The lowest BCUT2D eigenvalue weighted by Gasteiger charge is -2.33. The molecular weight excluding hydrogens is 400 g/mol. The molecule has 4 rings (SSSR count). The van der Waals surface area contributed by atoms with E-state index >= 15 is 0 Å². The molecule has 0 saturated carbocycles. The largest absolute Gasteiger partial charge is 0.478 e. The van der Waals surface area contributed by atoms with Gasteiger partial charge in [-0.3, -0.25) is 9.79 Å². The molecule has 1 aliphatic rings. The molecule has 0 aromatic heterocycles. The van der Waals surface area contributed by atoms with Gasteiger partial charge in [0.15, 0.2) is 0 Å². The summed E-state index contributed by atoms with van der Waals surface area (Å²) in [5, 5.41) is 9.00. The molecule has 3 aromatic rings. The fourth-order valence-electron chi connectivity index (χ4n) is 4.09. The Morgan fingerprint density at radius 3 is 1.88 bits per heavy atom. The smallest absolute Gasteiger partial charge is 0.335 e. The summed E-state index contributed by atoms with van der Waals surface area (Å²) in [4.78, 5) is 31.1. The molecule has 1 heterocycles. The van der Waals surface area contributed by atoms with E-state index in [1.807, 2.05) is 65.6 Å². The summed E-state index contributed by atoms with van der Waals surface area (Å²) in [5.74, 6) is -1.10. The van der Waals surface area contributed by atoms with Crippen molar-refractivity contribution in [3.8, 4) is 0 Å². The minimum atomic E-state index is -0.935. The lowest BCUT2D eigenvalue weighted by atomic mass is 9.89. The van der Waals surface area contributed by atoms with Crippen LogP contribution in [0.3, 0.4) is 0 Å². The standard InChI is InChI=1S/C27H26N2O3/c30-26(25(21-7-3-1-4-8-21)22-9-5-2-6-10-22)29-17-15-24(16-18-29)28-19-20-11-13-23(14-12-20)27(31)32/h1-14,19,24-25H,15-18H2,(H,31,32). The zero-order valence-corrected chi connectivity index (χ0v) is 17.8. The number of nitrogens with zero attached hydrogens (tertiary/aromatic N) is 2. The fourth-order valence-corrected chi connectivity index (χ4v) is 4.09. The predicted molar refractivity (Wildman–Crippen MR) is 125 cm³/mol. The second-order valence-electron chi connectivity index (χ2n) is 8.02. The number of amides is 1. The van der Waals surface area contributed by atoms with Gasteiger partial charge >= 0.3 is 5.97 Å². The van der Waals surface area contributed by atoms with Gasteiger partial charge in [-0.25, -0.2) is 4.79 Å². The third-order valence-corrected chi connectivity index (χ3v) is 5.88. The highest BCUT2D eigenvalue weighted by atomic mass is 16.4. The molecule has 1 aliphatic heterocycles. The van der Waals surface area contributed by atoms with Crippen LogP contribution in [-0.2, 0) is 4.79 Å². The first-order valence-corrected chi connectivity index (χ1v) is 10.9. The topological polar surface area (TPSA) is 70.0 Å². The van der Waals surface area contributed by atoms with Crippen LogP contribution < -0.4 is 0 Å². The summed E-state index contributed by atoms with van der Waals surface area (Å²) < 4.78 is 0. The van der Waals surface area contributed by atoms with Gasteiger partial charge in [-0.15, -0.1) is 0 Å². The van der Waals surface area contributed by atoms with Gasteiger partial charge in [-0.2, -0.15) is 0 Å². The quantitative estimate of drug-likeness (QED) is 0.585. The molecule has 3 aromatic carbocycles. The molecule has 0 aliphatic carbocycles. The van der Waals surface area contributed by atoms with E-state index in [-0.39, 0.29) is 23.4 Å². The molecule has 1 N–H and O–H groups in total. The van der Waals surface area contributed by atoms with Gasteiger partial charge in [0.2, 0.25) is 5.91 Å². The van der Waals surface area contributed by atoms with Crippen LogP contribution in [-0.4, -0.2) is 47.2 Å². The SMILES string of the molecule is O=C(O)c1ccc(C=NC2CCN(C(=O)C(c3ccccc3)c3ccccc3)CC2)cc1. The van der Waals surface area contributed by atoms with E-state index in [0.29, 0.717) is 13.1 Å². The number of benzene rings is 3. The van der Waals surface area contributed by atoms with Crippen molar-refractivity contribution >= 4 is 18.1 Å². The van der Waals surface area contributed by atoms with E-state index in [2.05, 4.69) is 4.99 Å². The van der Waals surface area contributed by atoms with Crippen molar-refractivity contribution in [2.45, 2.75) is 24.8 Å². The number of carbonyl (C=O) groups is 2. The molecule has 162 valence electrons. The Kier molecular flexibility index (Phi) is 6.75. The summed E-state index contributed by atoms with van der Waals surface area (Å²) in [6.07, 6.45) is 3.42. The molecule has 0 atom stereocenters. The van der Waals surface area contributed by atoms with E-state index in [1.165, 1.54) is 0 Å². The third-order valence-electron chi connectivity index (χ3n) is 5.88. The van der Waals surface area contributed by atoms with Crippen molar-refractivity contribution in [1.29, 1.82) is 0 Å². The van der Waals surface area contributed by atoms with Crippen molar-refractivity contribution < 1.29 is 14.7 Å². The zero-order valence-electron chi connectivity index (χ0n) is 17.8.